The first-order valence-electron chi connectivity index (χ1n) is 4.24. The van der Waals surface area contributed by atoms with E-state index in [2.05, 4.69) is 5.32 Å². The van der Waals surface area contributed by atoms with Crippen LogP contribution in [-0.4, -0.2) is 12.3 Å². The van der Waals surface area contributed by atoms with Crippen LogP contribution in [0.1, 0.15) is 22.8 Å². The molecule has 1 aromatic rings. The molecule has 0 aromatic heterocycles. The minimum Gasteiger partial charge on any atom is -1.00 e. The lowest BCUT2D eigenvalue weighted by atomic mass is 10.1. The van der Waals surface area contributed by atoms with Gasteiger partial charge in [-0.2, -0.15) is 0 Å². The van der Waals surface area contributed by atoms with Gasteiger partial charge in [0.25, 0.3) is 0 Å². The van der Waals surface area contributed by atoms with Gasteiger partial charge in [-0.3, -0.25) is 4.79 Å². The van der Waals surface area contributed by atoms with Crippen LogP contribution in [0.3, 0.4) is 0 Å². The van der Waals surface area contributed by atoms with Crippen LogP contribution >= 0.6 is 0 Å². The third kappa shape index (κ3) is 2.08. The molecule has 2 nitrogen and oxygen atoms in total. The van der Waals surface area contributed by atoms with Crippen molar-refractivity contribution < 1.29 is 34.1 Å². The van der Waals surface area contributed by atoms with E-state index in [0.29, 0.717) is 0 Å². The molecule has 0 aliphatic carbocycles. The minimum atomic E-state index is 0. The molecule has 1 aliphatic rings. The van der Waals surface area contributed by atoms with Gasteiger partial charge in [-0.1, -0.05) is 0 Å². The van der Waals surface area contributed by atoms with Crippen molar-refractivity contribution in [2.24, 2.45) is 0 Å². The number of hydrogen-bond acceptors (Lipinski definition) is 1. The molecule has 0 bridgehead atoms. The number of hydrogen-bond donors (Lipinski definition) is 1. The predicted octanol–water partition coefficient (Wildman–Crippen LogP) is -2.36. The fourth-order valence-corrected chi connectivity index (χ4v) is 1.62. The number of benzene rings is 1. The molecule has 0 saturated carbocycles. The number of halogens is 1. The molecule has 0 unspecified atom stereocenters. The zero-order valence-electron chi connectivity index (χ0n) is 7.51. The Bertz CT molecular complexity index is 336. The maximum Gasteiger partial charge on any atom is 0.159 e. The second kappa shape index (κ2) is 4.19. The summed E-state index contributed by atoms with van der Waals surface area (Å²) < 4.78 is 0. The van der Waals surface area contributed by atoms with E-state index in [1.54, 1.807) is 6.92 Å². The quantitative estimate of drug-likeness (QED) is 0.350. The molecule has 1 heterocycles. The normalized spacial score (nSPS) is 13.3. The van der Waals surface area contributed by atoms with Gasteiger partial charge in [0.2, 0.25) is 0 Å². The molecule has 0 fully saturated rings. The van der Waals surface area contributed by atoms with Crippen LogP contribution in [0.4, 0.5) is 5.69 Å². The maximum atomic E-state index is 11.0. The first kappa shape index (κ1) is 10.7. The number of carbonyl (C=O) groups is 1. The largest absolute Gasteiger partial charge is 1.00 e. The van der Waals surface area contributed by atoms with Crippen LogP contribution in [-0.2, 0) is 6.42 Å². The summed E-state index contributed by atoms with van der Waals surface area (Å²) in [6, 6.07) is 5.96. The summed E-state index contributed by atoms with van der Waals surface area (Å²) in [6.07, 6.45) is 1.09. The van der Waals surface area contributed by atoms with Crippen LogP contribution in [0, 0.1) is 0 Å². The number of fused-ring (bicyclic) bond motifs is 1. The topological polar surface area (TPSA) is 33.7 Å². The minimum absolute atomic E-state index is 0. The lowest BCUT2D eigenvalue weighted by molar-refractivity contribution is -0.561. The first-order valence-corrected chi connectivity index (χ1v) is 4.24. The van der Waals surface area contributed by atoms with Crippen LogP contribution in [0.5, 0.6) is 0 Å². The Morgan fingerprint density at radius 1 is 1.46 bits per heavy atom. The molecule has 2 N–H and O–H groups in total. The fourth-order valence-electron chi connectivity index (χ4n) is 1.62. The van der Waals surface area contributed by atoms with Gasteiger partial charge in [-0.25, -0.2) is 0 Å². The predicted molar refractivity (Wildman–Crippen MR) is 46.6 cm³/mol. The smallest absolute Gasteiger partial charge is 0.159 e. The van der Waals surface area contributed by atoms with E-state index in [-0.39, 0.29) is 29.8 Å². The Labute approximate surface area is 94.7 Å². The number of quaternary nitrogens is 1. The van der Waals surface area contributed by atoms with Crippen molar-refractivity contribution in [2.75, 3.05) is 6.54 Å². The maximum absolute atomic E-state index is 11.0. The first-order chi connectivity index (χ1) is 5.77. The third-order valence-corrected chi connectivity index (χ3v) is 2.33. The average molecular weight is 289 g/mol. The second-order valence-electron chi connectivity index (χ2n) is 3.21. The molecule has 0 radical (unpaired) electrons. The molecule has 2 rings (SSSR count). The van der Waals surface area contributed by atoms with E-state index in [9.17, 15) is 4.79 Å². The van der Waals surface area contributed by atoms with E-state index in [4.69, 9.17) is 0 Å². The van der Waals surface area contributed by atoms with Crippen molar-refractivity contribution in [3.63, 3.8) is 0 Å². The van der Waals surface area contributed by atoms with E-state index in [1.165, 1.54) is 11.3 Å². The van der Waals surface area contributed by atoms with Gasteiger partial charge >= 0.3 is 0 Å². The summed E-state index contributed by atoms with van der Waals surface area (Å²) in [7, 11) is 0. The summed E-state index contributed by atoms with van der Waals surface area (Å²) in [5, 5.41) is 2.22. The molecule has 1 aromatic carbocycles. The number of nitrogens with two attached hydrogens (primary N) is 1. The van der Waals surface area contributed by atoms with Crippen LogP contribution in [0.2, 0.25) is 0 Å². The Morgan fingerprint density at radius 2 is 2.23 bits per heavy atom. The molecule has 13 heavy (non-hydrogen) atoms. The Hall–Kier alpha value is -0.420. The van der Waals surface area contributed by atoms with Gasteiger partial charge in [0.1, 0.15) is 5.69 Å². The summed E-state index contributed by atoms with van der Waals surface area (Å²) in [5.41, 5.74) is 3.46. The number of Topliss-reactive ketones (excluding diaryl/α,β-unsaturated/α-hetero) is 1. The molecular weight excluding hydrogens is 277 g/mol. The zero-order chi connectivity index (χ0) is 8.55. The highest BCUT2D eigenvalue weighted by atomic mass is 127. The highest BCUT2D eigenvalue weighted by molar-refractivity contribution is 5.94. The average Bonchev–Trinajstić information content (AvgIpc) is 2.49. The van der Waals surface area contributed by atoms with E-state index < -0.39 is 0 Å². The molecule has 0 saturated heterocycles. The fraction of sp³-hybridized carbons (Fsp3) is 0.300. The molecule has 3 heteroatoms. The van der Waals surface area contributed by atoms with Crippen molar-refractivity contribution in [1.82, 2.24) is 0 Å². The van der Waals surface area contributed by atoms with E-state index in [0.717, 1.165) is 18.5 Å². The Morgan fingerprint density at radius 3 is 2.92 bits per heavy atom. The summed E-state index contributed by atoms with van der Waals surface area (Å²) >= 11 is 0. The second-order valence-corrected chi connectivity index (χ2v) is 3.21. The summed E-state index contributed by atoms with van der Waals surface area (Å²) in [5.74, 6) is 0.157. The van der Waals surface area contributed by atoms with Gasteiger partial charge in [0, 0.05) is 17.5 Å². The highest BCUT2D eigenvalue weighted by Crippen LogP contribution is 2.16. The van der Waals surface area contributed by atoms with Crippen molar-refractivity contribution in [1.29, 1.82) is 0 Å². The van der Waals surface area contributed by atoms with Gasteiger partial charge in [-0.05, 0) is 25.1 Å². The van der Waals surface area contributed by atoms with E-state index >= 15 is 0 Å². The van der Waals surface area contributed by atoms with Crippen molar-refractivity contribution in [3.8, 4) is 0 Å². The van der Waals surface area contributed by atoms with Crippen molar-refractivity contribution >= 4 is 11.5 Å². The molecule has 70 valence electrons. The monoisotopic (exact) mass is 289 g/mol. The van der Waals surface area contributed by atoms with E-state index in [1.807, 2.05) is 18.2 Å². The molecule has 0 spiro atoms. The summed E-state index contributed by atoms with van der Waals surface area (Å²) in [4.78, 5) is 11.0. The van der Waals surface area contributed by atoms with Crippen LogP contribution in [0.25, 0.3) is 0 Å². The summed E-state index contributed by atoms with van der Waals surface area (Å²) in [6.45, 7) is 2.73. The standard InChI is InChI=1S/C10H11NO.HI/c1-7(12)8-2-3-10-9(6-8)4-5-11-10;/h2-3,6,11H,4-5H2,1H3;1H. The van der Waals surface area contributed by atoms with Crippen molar-refractivity contribution in [2.45, 2.75) is 13.3 Å². The zero-order valence-corrected chi connectivity index (χ0v) is 9.67. The molecular formula is C10H12INO. The lowest BCUT2D eigenvalue weighted by Crippen LogP contribution is -3.00. The Kier molecular flexibility index (Phi) is 3.44. The lowest BCUT2D eigenvalue weighted by Gasteiger charge is -1.97. The molecule has 0 amide bonds. The molecule has 0 atom stereocenters. The van der Waals surface area contributed by atoms with Gasteiger partial charge in [0.15, 0.2) is 5.78 Å². The number of ketones is 1. The van der Waals surface area contributed by atoms with Gasteiger partial charge < -0.3 is 29.3 Å². The SMILES string of the molecule is CC(=O)c1ccc2c(c1)CC[NH2+]2.[I-]. The number of rotatable bonds is 1. The van der Waals surface area contributed by atoms with Crippen LogP contribution in [0.15, 0.2) is 18.2 Å². The molecule has 1 aliphatic heterocycles. The van der Waals surface area contributed by atoms with Crippen molar-refractivity contribution in [3.05, 3.63) is 29.3 Å². The van der Waals surface area contributed by atoms with Crippen LogP contribution < -0.4 is 29.3 Å². The van der Waals surface area contributed by atoms with Gasteiger partial charge in [-0.15, -0.1) is 0 Å². The Balaban J connectivity index is 0.000000845. The number of carbonyl (C=O) groups excluding carboxylic acids is 1. The highest BCUT2D eigenvalue weighted by Gasteiger charge is 2.15. The third-order valence-electron chi connectivity index (χ3n) is 2.33. The van der Waals surface area contributed by atoms with Gasteiger partial charge in [0.05, 0.1) is 6.54 Å².